The molecule has 0 spiro atoms. The summed E-state index contributed by atoms with van der Waals surface area (Å²) >= 11 is 1.63. The normalized spacial score (nSPS) is 13.5. The standard InChI is InChI=1S/C24H23N7O3S/c1-35-21-20(16-6-9-25-10-7-16)28-22(29-23(21)31-11-14-33-15-12-31)17-2-4-18(5-3-17)26-24(32)27-19-8-13-34-30-19/h2-10,13H,11-12,14-15H2,1H3,(H2,26,27,30,32). The fraction of sp³-hybridized carbons (Fsp3) is 0.208. The molecule has 1 aromatic carbocycles. The summed E-state index contributed by atoms with van der Waals surface area (Å²) < 4.78 is 10.3. The number of anilines is 3. The molecule has 2 N–H and O–H groups in total. The summed E-state index contributed by atoms with van der Waals surface area (Å²) in [6.07, 6.45) is 6.95. The molecule has 0 atom stereocenters. The van der Waals surface area contributed by atoms with Crippen molar-refractivity contribution in [3.05, 3.63) is 61.1 Å². The predicted molar refractivity (Wildman–Crippen MR) is 135 cm³/mol. The molecular formula is C24H23N7O3S. The number of nitrogens with one attached hydrogen (secondary N) is 2. The summed E-state index contributed by atoms with van der Waals surface area (Å²) in [4.78, 5) is 29.5. The second-order valence-electron chi connectivity index (χ2n) is 7.63. The van der Waals surface area contributed by atoms with Crippen molar-refractivity contribution < 1.29 is 14.1 Å². The van der Waals surface area contributed by atoms with Gasteiger partial charge < -0.3 is 19.5 Å². The maximum Gasteiger partial charge on any atom is 0.324 e. The molecule has 0 radical (unpaired) electrons. The van der Waals surface area contributed by atoms with Gasteiger partial charge in [-0.25, -0.2) is 14.8 Å². The minimum Gasteiger partial charge on any atom is -0.378 e. The minimum atomic E-state index is -0.415. The number of hydrogen-bond acceptors (Lipinski definition) is 9. The molecule has 4 heterocycles. The lowest BCUT2D eigenvalue weighted by atomic mass is 10.1. The third-order valence-electron chi connectivity index (χ3n) is 5.40. The zero-order chi connectivity index (χ0) is 24.0. The Bertz CT molecular complexity index is 1280. The van der Waals surface area contributed by atoms with Gasteiger partial charge in [0.1, 0.15) is 12.1 Å². The molecule has 1 fully saturated rings. The van der Waals surface area contributed by atoms with Gasteiger partial charge in [0.15, 0.2) is 11.6 Å². The van der Waals surface area contributed by atoms with E-state index in [1.165, 1.54) is 6.26 Å². The van der Waals surface area contributed by atoms with Gasteiger partial charge in [-0.1, -0.05) is 5.16 Å². The van der Waals surface area contributed by atoms with E-state index in [0.717, 1.165) is 40.6 Å². The quantitative estimate of drug-likeness (QED) is 0.380. The predicted octanol–water partition coefficient (Wildman–Crippen LogP) is 4.40. The molecule has 10 nitrogen and oxygen atoms in total. The number of thioether (sulfide) groups is 1. The molecule has 178 valence electrons. The van der Waals surface area contributed by atoms with E-state index in [1.807, 2.05) is 42.7 Å². The van der Waals surface area contributed by atoms with E-state index in [9.17, 15) is 4.79 Å². The molecule has 0 unspecified atom stereocenters. The van der Waals surface area contributed by atoms with E-state index < -0.39 is 6.03 Å². The highest BCUT2D eigenvalue weighted by Crippen LogP contribution is 2.37. The average molecular weight is 490 g/mol. The Balaban J connectivity index is 1.47. The van der Waals surface area contributed by atoms with E-state index in [1.54, 1.807) is 30.2 Å². The molecule has 1 aliphatic heterocycles. The van der Waals surface area contributed by atoms with Crippen molar-refractivity contribution in [2.75, 3.05) is 48.1 Å². The third kappa shape index (κ3) is 5.26. The maximum absolute atomic E-state index is 12.2. The number of carbonyl (C=O) groups is 1. The van der Waals surface area contributed by atoms with Crippen LogP contribution in [0.15, 0.2) is 70.5 Å². The summed E-state index contributed by atoms with van der Waals surface area (Å²) in [6, 6.07) is 12.4. The fourth-order valence-corrected chi connectivity index (χ4v) is 4.42. The van der Waals surface area contributed by atoms with Crippen LogP contribution in [0.2, 0.25) is 0 Å². The van der Waals surface area contributed by atoms with Gasteiger partial charge in [-0.15, -0.1) is 11.8 Å². The van der Waals surface area contributed by atoms with Crippen molar-refractivity contribution in [3.8, 4) is 22.6 Å². The smallest absolute Gasteiger partial charge is 0.324 e. The SMILES string of the molecule is CSc1c(-c2ccncc2)nc(-c2ccc(NC(=O)Nc3ccon3)cc2)nc1N1CCOCC1. The Kier molecular flexibility index (Phi) is 6.87. The molecule has 5 rings (SSSR count). The molecule has 3 aromatic heterocycles. The van der Waals surface area contributed by atoms with Gasteiger partial charge in [0.05, 0.1) is 23.8 Å². The number of benzene rings is 1. The van der Waals surface area contributed by atoms with Gasteiger partial charge in [-0.2, -0.15) is 0 Å². The van der Waals surface area contributed by atoms with E-state index >= 15 is 0 Å². The topological polar surface area (TPSA) is 118 Å². The fourth-order valence-electron chi connectivity index (χ4n) is 3.71. The van der Waals surface area contributed by atoms with Crippen LogP contribution in [0.5, 0.6) is 0 Å². The van der Waals surface area contributed by atoms with Crippen molar-refractivity contribution in [1.82, 2.24) is 20.1 Å². The summed E-state index contributed by atoms with van der Waals surface area (Å²) in [5.74, 6) is 1.84. The van der Waals surface area contributed by atoms with Gasteiger partial charge in [0.25, 0.3) is 0 Å². The zero-order valence-corrected chi connectivity index (χ0v) is 19.8. The van der Waals surface area contributed by atoms with Crippen LogP contribution >= 0.6 is 11.8 Å². The van der Waals surface area contributed by atoms with Gasteiger partial charge in [-0.3, -0.25) is 10.3 Å². The van der Waals surface area contributed by atoms with Gasteiger partial charge in [0.2, 0.25) is 0 Å². The maximum atomic E-state index is 12.2. The van der Waals surface area contributed by atoms with Crippen molar-refractivity contribution >= 4 is 35.1 Å². The number of morpholine rings is 1. The van der Waals surface area contributed by atoms with Crippen molar-refractivity contribution in [2.45, 2.75) is 4.90 Å². The van der Waals surface area contributed by atoms with Gasteiger partial charge in [-0.05, 0) is 42.7 Å². The number of urea groups is 1. The Morgan fingerprint density at radius 2 is 1.74 bits per heavy atom. The van der Waals surface area contributed by atoms with E-state index in [-0.39, 0.29) is 0 Å². The first-order chi connectivity index (χ1) is 17.2. The zero-order valence-electron chi connectivity index (χ0n) is 19.0. The van der Waals surface area contributed by atoms with Crippen LogP contribution in [-0.2, 0) is 4.74 Å². The largest absolute Gasteiger partial charge is 0.378 e. The molecule has 0 aliphatic carbocycles. The lowest BCUT2D eigenvalue weighted by Crippen LogP contribution is -2.37. The number of carbonyl (C=O) groups excluding carboxylic acids is 1. The van der Waals surface area contributed by atoms with Crippen LogP contribution in [0, 0.1) is 0 Å². The van der Waals surface area contributed by atoms with Crippen molar-refractivity contribution in [3.63, 3.8) is 0 Å². The molecule has 1 aliphatic rings. The van der Waals surface area contributed by atoms with Crippen LogP contribution < -0.4 is 15.5 Å². The second-order valence-corrected chi connectivity index (χ2v) is 8.45. The van der Waals surface area contributed by atoms with Crippen LogP contribution in [-0.4, -0.2) is 58.7 Å². The number of hydrogen-bond donors (Lipinski definition) is 2. The summed E-state index contributed by atoms with van der Waals surface area (Å²) in [5, 5.41) is 9.03. The Hall–Kier alpha value is -3.96. The molecule has 4 aromatic rings. The number of ether oxygens (including phenoxy) is 1. The van der Waals surface area contributed by atoms with Crippen LogP contribution in [0.1, 0.15) is 0 Å². The highest BCUT2D eigenvalue weighted by molar-refractivity contribution is 7.98. The molecule has 2 amide bonds. The lowest BCUT2D eigenvalue weighted by molar-refractivity contribution is 0.122. The molecule has 0 saturated carbocycles. The Morgan fingerprint density at radius 3 is 2.43 bits per heavy atom. The number of amides is 2. The first kappa shape index (κ1) is 22.8. The van der Waals surface area contributed by atoms with Gasteiger partial charge in [0, 0.05) is 48.4 Å². The Labute approximate surface area is 206 Å². The number of rotatable bonds is 6. The lowest BCUT2D eigenvalue weighted by Gasteiger charge is -2.30. The van der Waals surface area contributed by atoms with Gasteiger partial charge >= 0.3 is 6.03 Å². The molecule has 11 heteroatoms. The summed E-state index contributed by atoms with van der Waals surface area (Å²) in [5.41, 5.74) is 3.30. The van der Waals surface area contributed by atoms with Crippen LogP contribution in [0.3, 0.4) is 0 Å². The van der Waals surface area contributed by atoms with E-state index in [0.29, 0.717) is 30.5 Å². The van der Waals surface area contributed by atoms with Crippen molar-refractivity contribution in [2.24, 2.45) is 0 Å². The van der Waals surface area contributed by atoms with Crippen LogP contribution in [0.4, 0.5) is 22.1 Å². The first-order valence-corrected chi connectivity index (χ1v) is 12.2. The summed E-state index contributed by atoms with van der Waals surface area (Å²) in [6.45, 7) is 2.86. The third-order valence-corrected chi connectivity index (χ3v) is 6.18. The summed E-state index contributed by atoms with van der Waals surface area (Å²) in [7, 11) is 0. The van der Waals surface area contributed by atoms with Crippen LogP contribution in [0.25, 0.3) is 22.6 Å². The highest BCUT2D eigenvalue weighted by Gasteiger charge is 2.22. The minimum absolute atomic E-state index is 0.334. The number of pyridine rings is 1. The number of aromatic nitrogens is 4. The molecule has 35 heavy (non-hydrogen) atoms. The first-order valence-electron chi connectivity index (χ1n) is 11.0. The monoisotopic (exact) mass is 489 g/mol. The average Bonchev–Trinajstić information content (AvgIpc) is 3.42. The van der Waals surface area contributed by atoms with E-state index in [4.69, 9.17) is 19.2 Å². The van der Waals surface area contributed by atoms with E-state index in [2.05, 4.69) is 25.7 Å². The highest BCUT2D eigenvalue weighted by atomic mass is 32.2. The molecule has 0 bridgehead atoms. The molecular weight excluding hydrogens is 466 g/mol. The Morgan fingerprint density at radius 1 is 0.971 bits per heavy atom. The second kappa shape index (κ2) is 10.5. The molecule has 1 saturated heterocycles. The number of nitrogens with zero attached hydrogens (tertiary/aromatic N) is 5. The van der Waals surface area contributed by atoms with Crippen molar-refractivity contribution in [1.29, 1.82) is 0 Å².